The summed E-state index contributed by atoms with van der Waals surface area (Å²) in [6.07, 6.45) is -1.55. The molecule has 1 N–H and O–H groups in total. The Bertz CT molecular complexity index is 708. The van der Waals surface area contributed by atoms with Crippen molar-refractivity contribution in [3.05, 3.63) is 41.9 Å². The highest BCUT2D eigenvalue weighted by atomic mass is 19.4. The second kappa shape index (κ2) is 7.22. The second-order valence-corrected chi connectivity index (χ2v) is 5.77. The molecular weight excluding hydrogens is 335 g/mol. The summed E-state index contributed by atoms with van der Waals surface area (Å²) < 4.78 is 43.4. The lowest BCUT2D eigenvalue weighted by Gasteiger charge is -2.32. The average Bonchev–Trinajstić information content (AvgIpc) is 2.60. The van der Waals surface area contributed by atoms with Gasteiger partial charge < -0.3 is 15.0 Å². The largest absolute Gasteiger partial charge is 0.433 e. The molecule has 0 spiro atoms. The third kappa shape index (κ3) is 4.56. The SMILES string of the molecule is CC1CN(c2ccc(CNc3nccc(C(F)(F)F)n3)cn2)CCO1. The third-order valence-corrected chi connectivity index (χ3v) is 3.77. The Hall–Kier alpha value is -2.42. The molecule has 1 saturated heterocycles. The summed E-state index contributed by atoms with van der Waals surface area (Å²) in [7, 11) is 0. The van der Waals surface area contributed by atoms with Crippen LogP contribution in [-0.4, -0.2) is 40.8 Å². The van der Waals surface area contributed by atoms with Gasteiger partial charge in [0.15, 0.2) is 0 Å². The van der Waals surface area contributed by atoms with Gasteiger partial charge in [-0.15, -0.1) is 0 Å². The minimum absolute atomic E-state index is 0.0686. The molecule has 3 rings (SSSR count). The van der Waals surface area contributed by atoms with Gasteiger partial charge in [0.05, 0.1) is 12.7 Å². The average molecular weight is 353 g/mol. The first-order chi connectivity index (χ1) is 11.9. The van der Waals surface area contributed by atoms with E-state index in [2.05, 4.69) is 25.2 Å². The van der Waals surface area contributed by atoms with E-state index in [1.807, 2.05) is 19.1 Å². The van der Waals surface area contributed by atoms with Crippen LogP contribution in [-0.2, 0) is 17.5 Å². The van der Waals surface area contributed by atoms with Crippen molar-refractivity contribution in [1.82, 2.24) is 15.0 Å². The minimum atomic E-state index is -4.49. The number of nitrogens with one attached hydrogen (secondary N) is 1. The summed E-state index contributed by atoms with van der Waals surface area (Å²) in [6, 6.07) is 4.61. The molecule has 1 aliphatic heterocycles. The lowest BCUT2D eigenvalue weighted by molar-refractivity contribution is -0.141. The molecule has 6 nitrogen and oxygen atoms in total. The monoisotopic (exact) mass is 353 g/mol. The van der Waals surface area contributed by atoms with E-state index in [9.17, 15) is 13.2 Å². The van der Waals surface area contributed by atoms with Crippen LogP contribution in [0.25, 0.3) is 0 Å². The molecule has 0 radical (unpaired) electrons. The molecular formula is C16H18F3N5O. The van der Waals surface area contributed by atoms with Gasteiger partial charge in [-0.2, -0.15) is 13.2 Å². The van der Waals surface area contributed by atoms with Crippen LogP contribution >= 0.6 is 0 Å². The summed E-state index contributed by atoms with van der Waals surface area (Å²) in [5.74, 6) is 0.787. The van der Waals surface area contributed by atoms with Crippen LogP contribution in [0.15, 0.2) is 30.6 Å². The molecule has 1 atom stereocenters. The van der Waals surface area contributed by atoms with Crippen LogP contribution in [0, 0.1) is 0 Å². The second-order valence-electron chi connectivity index (χ2n) is 5.77. The smallest absolute Gasteiger partial charge is 0.375 e. The molecule has 0 saturated carbocycles. The first-order valence-corrected chi connectivity index (χ1v) is 7.87. The molecule has 0 amide bonds. The zero-order valence-electron chi connectivity index (χ0n) is 13.6. The number of halogens is 3. The number of pyridine rings is 1. The summed E-state index contributed by atoms with van der Waals surface area (Å²) in [6.45, 7) is 4.53. The maximum atomic E-state index is 12.6. The Balaban J connectivity index is 1.60. The predicted octanol–water partition coefficient (Wildman–Crippen LogP) is 2.73. The molecule has 9 heteroatoms. The highest BCUT2D eigenvalue weighted by Gasteiger charge is 2.32. The van der Waals surface area contributed by atoms with Crippen molar-refractivity contribution in [2.24, 2.45) is 0 Å². The zero-order chi connectivity index (χ0) is 17.9. The van der Waals surface area contributed by atoms with E-state index in [-0.39, 0.29) is 18.6 Å². The summed E-state index contributed by atoms with van der Waals surface area (Å²) >= 11 is 0. The Morgan fingerprint density at radius 3 is 2.80 bits per heavy atom. The standard InChI is InChI=1S/C16H18F3N5O/c1-11-10-24(6-7-25-11)14-3-2-12(8-21-14)9-22-15-20-5-4-13(23-15)16(17,18)19/h2-5,8,11H,6-7,9-10H2,1H3,(H,20,22,23). The van der Waals surface area contributed by atoms with Crippen molar-refractivity contribution in [3.63, 3.8) is 0 Å². The molecule has 1 fully saturated rings. The van der Waals surface area contributed by atoms with Crippen molar-refractivity contribution < 1.29 is 17.9 Å². The molecule has 25 heavy (non-hydrogen) atoms. The van der Waals surface area contributed by atoms with E-state index in [0.717, 1.165) is 36.7 Å². The highest BCUT2D eigenvalue weighted by Crippen LogP contribution is 2.27. The van der Waals surface area contributed by atoms with Crippen molar-refractivity contribution in [2.75, 3.05) is 29.9 Å². The molecule has 0 aliphatic carbocycles. The number of alkyl halides is 3. The zero-order valence-corrected chi connectivity index (χ0v) is 13.6. The Labute approximate surface area is 143 Å². The van der Waals surface area contributed by atoms with E-state index in [0.29, 0.717) is 6.61 Å². The fourth-order valence-electron chi connectivity index (χ4n) is 2.52. The Kier molecular flexibility index (Phi) is 5.03. The van der Waals surface area contributed by atoms with Crippen molar-refractivity contribution in [2.45, 2.75) is 25.7 Å². The van der Waals surface area contributed by atoms with Gasteiger partial charge in [-0.25, -0.2) is 15.0 Å². The fourth-order valence-corrected chi connectivity index (χ4v) is 2.52. The number of hydrogen-bond donors (Lipinski definition) is 1. The molecule has 134 valence electrons. The summed E-state index contributed by atoms with van der Waals surface area (Å²) in [5.41, 5.74) is -0.147. The normalized spacial score (nSPS) is 18.2. The Morgan fingerprint density at radius 2 is 2.12 bits per heavy atom. The van der Waals surface area contributed by atoms with Gasteiger partial charge in [0.1, 0.15) is 11.5 Å². The topological polar surface area (TPSA) is 63.2 Å². The lowest BCUT2D eigenvalue weighted by atomic mass is 10.2. The fraction of sp³-hybridized carbons (Fsp3) is 0.438. The number of ether oxygens (including phenoxy) is 1. The van der Waals surface area contributed by atoms with Gasteiger partial charge in [0.25, 0.3) is 0 Å². The van der Waals surface area contributed by atoms with Gasteiger partial charge in [-0.1, -0.05) is 6.07 Å². The number of aromatic nitrogens is 3. The van der Waals surface area contributed by atoms with Crippen LogP contribution in [0.1, 0.15) is 18.2 Å². The highest BCUT2D eigenvalue weighted by molar-refractivity contribution is 5.40. The molecule has 0 bridgehead atoms. The molecule has 2 aromatic rings. The number of anilines is 2. The van der Waals surface area contributed by atoms with Crippen LogP contribution in [0.3, 0.4) is 0 Å². The number of morpholine rings is 1. The molecule has 0 aromatic carbocycles. The maximum Gasteiger partial charge on any atom is 0.433 e. The first kappa shape index (κ1) is 17.4. The van der Waals surface area contributed by atoms with E-state index in [4.69, 9.17) is 4.74 Å². The van der Waals surface area contributed by atoms with Gasteiger partial charge in [0.2, 0.25) is 5.95 Å². The molecule has 2 aromatic heterocycles. The van der Waals surface area contributed by atoms with Crippen molar-refractivity contribution in [3.8, 4) is 0 Å². The van der Waals surface area contributed by atoms with E-state index < -0.39 is 11.9 Å². The third-order valence-electron chi connectivity index (χ3n) is 3.77. The van der Waals surface area contributed by atoms with Gasteiger partial charge in [-0.05, 0) is 24.6 Å². The van der Waals surface area contributed by atoms with E-state index in [1.54, 1.807) is 6.20 Å². The predicted molar refractivity (Wildman–Crippen MR) is 86.2 cm³/mol. The van der Waals surface area contributed by atoms with E-state index in [1.165, 1.54) is 0 Å². The van der Waals surface area contributed by atoms with Crippen LogP contribution < -0.4 is 10.2 Å². The van der Waals surface area contributed by atoms with Crippen molar-refractivity contribution in [1.29, 1.82) is 0 Å². The van der Waals surface area contributed by atoms with Crippen LogP contribution in [0.2, 0.25) is 0 Å². The molecule has 1 unspecified atom stereocenters. The van der Waals surface area contributed by atoms with Crippen LogP contribution in [0.5, 0.6) is 0 Å². The number of nitrogens with zero attached hydrogens (tertiary/aromatic N) is 4. The van der Waals surface area contributed by atoms with Gasteiger partial charge in [0, 0.05) is 32.0 Å². The summed E-state index contributed by atoms with van der Waals surface area (Å²) in [4.78, 5) is 13.8. The minimum Gasteiger partial charge on any atom is -0.375 e. The number of rotatable bonds is 4. The quantitative estimate of drug-likeness (QED) is 0.912. The first-order valence-electron chi connectivity index (χ1n) is 7.87. The lowest BCUT2D eigenvalue weighted by Crippen LogP contribution is -2.41. The molecule has 3 heterocycles. The molecule has 1 aliphatic rings. The van der Waals surface area contributed by atoms with Gasteiger partial charge >= 0.3 is 6.18 Å². The van der Waals surface area contributed by atoms with Gasteiger partial charge in [-0.3, -0.25) is 0 Å². The van der Waals surface area contributed by atoms with E-state index >= 15 is 0 Å². The summed E-state index contributed by atoms with van der Waals surface area (Å²) in [5, 5.41) is 2.78. The maximum absolute atomic E-state index is 12.6. The number of hydrogen-bond acceptors (Lipinski definition) is 6. The Morgan fingerprint density at radius 1 is 1.28 bits per heavy atom. The van der Waals surface area contributed by atoms with Crippen LogP contribution in [0.4, 0.5) is 24.9 Å². The van der Waals surface area contributed by atoms with Crippen molar-refractivity contribution >= 4 is 11.8 Å².